The summed E-state index contributed by atoms with van der Waals surface area (Å²) in [5.74, 6) is -2.21. The summed E-state index contributed by atoms with van der Waals surface area (Å²) in [6, 6.07) is 9.23. The van der Waals surface area contributed by atoms with Crippen molar-refractivity contribution in [1.29, 1.82) is 0 Å². The van der Waals surface area contributed by atoms with E-state index < -0.39 is 38.3 Å². The lowest BCUT2D eigenvalue weighted by Crippen LogP contribution is -2.18. The average Bonchev–Trinajstić information content (AvgIpc) is 2.76. The fourth-order valence-electron chi connectivity index (χ4n) is 3.15. The second-order valence-corrected chi connectivity index (χ2v) is 9.69. The predicted molar refractivity (Wildman–Crippen MR) is 116 cm³/mol. The lowest BCUT2D eigenvalue weighted by molar-refractivity contribution is -0.140. The highest BCUT2D eigenvalue weighted by Crippen LogP contribution is 2.40. The first-order valence-corrected chi connectivity index (χ1v) is 11.6. The van der Waals surface area contributed by atoms with Crippen molar-refractivity contribution in [2.75, 3.05) is 7.11 Å². The van der Waals surface area contributed by atoms with Gasteiger partial charge in [-0.1, -0.05) is 23.2 Å². The number of halogens is 4. The minimum atomic E-state index is -4.31. The standard InChI is InChI=1S/C22H17Cl2F2NO4S/c1-31-21(28)9-5-15-11-17(19(24)12-27-15)22(18-10-14(25)4-8-20(18)26)32(29,30)16-6-2-13(23)3-7-16/h2-4,6-8,10-12,22H,5,9H2,1H3. The van der Waals surface area contributed by atoms with Crippen LogP contribution in [0.5, 0.6) is 0 Å². The van der Waals surface area contributed by atoms with Gasteiger partial charge < -0.3 is 4.74 Å². The van der Waals surface area contributed by atoms with Crippen LogP contribution in [0.15, 0.2) is 59.6 Å². The van der Waals surface area contributed by atoms with Gasteiger partial charge in [-0.2, -0.15) is 0 Å². The summed E-state index contributed by atoms with van der Waals surface area (Å²) in [5.41, 5.74) is -0.0733. The van der Waals surface area contributed by atoms with E-state index in [4.69, 9.17) is 23.2 Å². The molecular weight excluding hydrogens is 483 g/mol. The van der Waals surface area contributed by atoms with Crippen LogP contribution >= 0.6 is 23.2 Å². The van der Waals surface area contributed by atoms with Gasteiger partial charge in [-0.25, -0.2) is 17.2 Å². The van der Waals surface area contributed by atoms with Crippen LogP contribution in [0, 0.1) is 11.6 Å². The largest absolute Gasteiger partial charge is 0.469 e. The molecule has 0 amide bonds. The number of sulfone groups is 1. The van der Waals surface area contributed by atoms with Crippen LogP contribution in [-0.4, -0.2) is 26.5 Å². The SMILES string of the molecule is COC(=O)CCc1cc(C(c2cc(F)ccc2F)S(=O)(=O)c2ccc(Cl)cc2)c(Cl)cn1. The first-order valence-electron chi connectivity index (χ1n) is 9.29. The molecule has 1 heterocycles. The van der Waals surface area contributed by atoms with E-state index in [0.717, 1.165) is 18.2 Å². The molecule has 3 rings (SSSR count). The van der Waals surface area contributed by atoms with Crippen LogP contribution in [0.25, 0.3) is 0 Å². The van der Waals surface area contributed by atoms with Gasteiger partial charge in [0, 0.05) is 28.9 Å². The summed E-state index contributed by atoms with van der Waals surface area (Å²) < 4.78 is 60.6. The zero-order valence-electron chi connectivity index (χ0n) is 16.7. The molecule has 0 aliphatic rings. The van der Waals surface area contributed by atoms with Crippen molar-refractivity contribution in [3.05, 3.63) is 93.2 Å². The van der Waals surface area contributed by atoms with Gasteiger partial charge in [-0.3, -0.25) is 9.78 Å². The van der Waals surface area contributed by atoms with E-state index in [0.29, 0.717) is 10.7 Å². The van der Waals surface area contributed by atoms with Crippen LogP contribution in [0.2, 0.25) is 10.0 Å². The molecule has 0 radical (unpaired) electrons. The van der Waals surface area contributed by atoms with Gasteiger partial charge in [0.05, 0.1) is 23.4 Å². The van der Waals surface area contributed by atoms with Crippen LogP contribution in [0.3, 0.4) is 0 Å². The molecule has 3 aromatic rings. The second kappa shape index (κ2) is 9.94. The van der Waals surface area contributed by atoms with Gasteiger partial charge in [0.25, 0.3) is 0 Å². The molecule has 0 spiro atoms. The summed E-state index contributed by atoms with van der Waals surface area (Å²) in [6.45, 7) is 0. The number of hydrogen-bond donors (Lipinski definition) is 0. The van der Waals surface area contributed by atoms with Crippen LogP contribution < -0.4 is 0 Å². The van der Waals surface area contributed by atoms with Gasteiger partial charge in [-0.05, 0) is 54.1 Å². The first kappa shape index (κ1) is 24.1. The normalized spacial score (nSPS) is 12.4. The van der Waals surface area contributed by atoms with E-state index in [1.807, 2.05) is 0 Å². The molecule has 0 saturated carbocycles. The Balaban J connectivity index is 2.21. The van der Waals surface area contributed by atoms with E-state index in [1.165, 1.54) is 43.6 Å². The zero-order valence-corrected chi connectivity index (χ0v) is 19.0. The summed E-state index contributed by atoms with van der Waals surface area (Å²) in [4.78, 5) is 15.4. The van der Waals surface area contributed by atoms with E-state index >= 15 is 0 Å². The molecule has 10 heteroatoms. The molecule has 0 bridgehead atoms. The third-order valence-corrected chi connectivity index (χ3v) is 7.36. The van der Waals surface area contributed by atoms with Crippen molar-refractivity contribution in [3.8, 4) is 0 Å². The Bertz CT molecular complexity index is 1250. The Morgan fingerprint density at radius 3 is 2.41 bits per heavy atom. The summed E-state index contributed by atoms with van der Waals surface area (Å²) in [6.07, 6.45) is 1.34. The third kappa shape index (κ3) is 5.26. The van der Waals surface area contributed by atoms with Gasteiger partial charge in [0.2, 0.25) is 0 Å². The first-order chi connectivity index (χ1) is 15.1. The van der Waals surface area contributed by atoms with Gasteiger partial charge in [0.1, 0.15) is 16.9 Å². The van der Waals surface area contributed by atoms with Crippen LogP contribution in [0.4, 0.5) is 8.78 Å². The van der Waals surface area contributed by atoms with E-state index in [9.17, 15) is 22.0 Å². The quantitative estimate of drug-likeness (QED) is 0.410. The van der Waals surface area contributed by atoms with E-state index in [-0.39, 0.29) is 28.3 Å². The maximum atomic E-state index is 14.8. The number of carbonyl (C=O) groups is 1. The molecule has 168 valence electrons. The molecule has 1 aromatic heterocycles. The molecule has 0 aliphatic heterocycles. The third-order valence-electron chi connectivity index (χ3n) is 4.73. The van der Waals surface area contributed by atoms with Crippen molar-refractivity contribution in [2.45, 2.75) is 23.0 Å². The average molecular weight is 500 g/mol. The Hall–Kier alpha value is -2.55. The zero-order chi connectivity index (χ0) is 23.5. The van der Waals surface area contributed by atoms with Crippen molar-refractivity contribution < 1.29 is 26.7 Å². The minimum absolute atomic E-state index is 0.000910. The summed E-state index contributed by atoms with van der Waals surface area (Å²) in [5, 5.41) is -1.42. The van der Waals surface area contributed by atoms with Crippen LogP contribution in [-0.2, 0) is 25.8 Å². The monoisotopic (exact) mass is 499 g/mol. The predicted octanol–water partition coefficient (Wildman–Crippen LogP) is 5.34. The summed E-state index contributed by atoms with van der Waals surface area (Å²) in [7, 11) is -3.07. The van der Waals surface area contributed by atoms with Crippen molar-refractivity contribution in [1.82, 2.24) is 4.98 Å². The lowest BCUT2D eigenvalue weighted by Gasteiger charge is -2.21. The van der Waals surface area contributed by atoms with Crippen molar-refractivity contribution in [3.63, 3.8) is 0 Å². The number of hydrogen-bond acceptors (Lipinski definition) is 5. The Labute approximate surface area is 193 Å². The lowest BCUT2D eigenvalue weighted by atomic mass is 10.0. The maximum Gasteiger partial charge on any atom is 0.305 e. The molecule has 0 saturated heterocycles. The molecule has 2 aromatic carbocycles. The number of rotatable bonds is 7. The molecule has 0 N–H and O–H groups in total. The Kier molecular flexibility index (Phi) is 7.48. The minimum Gasteiger partial charge on any atom is -0.469 e. The number of aromatic nitrogens is 1. The molecule has 1 atom stereocenters. The number of esters is 1. The molecule has 5 nitrogen and oxygen atoms in total. The van der Waals surface area contributed by atoms with Gasteiger partial charge in [-0.15, -0.1) is 0 Å². The van der Waals surface area contributed by atoms with Gasteiger partial charge in [0.15, 0.2) is 9.84 Å². The van der Waals surface area contributed by atoms with E-state index in [1.54, 1.807) is 0 Å². The number of nitrogens with zero attached hydrogens (tertiary/aromatic N) is 1. The molecule has 32 heavy (non-hydrogen) atoms. The Morgan fingerprint density at radius 2 is 1.75 bits per heavy atom. The number of ether oxygens (including phenoxy) is 1. The van der Waals surface area contributed by atoms with Crippen molar-refractivity contribution >= 4 is 39.0 Å². The molecule has 1 unspecified atom stereocenters. The van der Waals surface area contributed by atoms with Crippen LogP contribution in [0.1, 0.15) is 28.5 Å². The number of aryl methyl sites for hydroxylation is 1. The topological polar surface area (TPSA) is 73.3 Å². The second-order valence-electron chi connectivity index (χ2n) is 6.82. The highest BCUT2D eigenvalue weighted by atomic mass is 35.5. The highest BCUT2D eigenvalue weighted by molar-refractivity contribution is 7.92. The van der Waals surface area contributed by atoms with Crippen molar-refractivity contribution in [2.24, 2.45) is 0 Å². The summed E-state index contributed by atoms with van der Waals surface area (Å²) >= 11 is 12.2. The molecular formula is C22H17Cl2F2NO4S. The molecule has 0 fully saturated rings. The fourth-order valence-corrected chi connectivity index (χ4v) is 5.38. The number of pyridine rings is 1. The number of benzene rings is 2. The number of carbonyl (C=O) groups excluding carboxylic acids is 1. The fraction of sp³-hybridized carbons (Fsp3) is 0.182. The maximum absolute atomic E-state index is 14.8. The van der Waals surface area contributed by atoms with Gasteiger partial charge >= 0.3 is 5.97 Å². The van der Waals surface area contributed by atoms with E-state index in [2.05, 4.69) is 9.72 Å². The Morgan fingerprint density at radius 1 is 1.06 bits per heavy atom. The number of methoxy groups -OCH3 is 1. The molecule has 0 aliphatic carbocycles. The smallest absolute Gasteiger partial charge is 0.305 e. The highest BCUT2D eigenvalue weighted by Gasteiger charge is 2.35.